The first kappa shape index (κ1) is 31.4. The first-order valence-electron chi connectivity index (χ1n) is 18.1. The maximum absolute atomic E-state index is 12.9. The highest BCUT2D eigenvalue weighted by Gasteiger charge is 2.53. The van der Waals surface area contributed by atoms with E-state index >= 15 is 0 Å². The van der Waals surface area contributed by atoms with Gasteiger partial charge in [0.25, 0.3) is 0 Å². The van der Waals surface area contributed by atoms with Crippen LogP contribution in [0.5, 0.6) is 5.75 Å². The molecule has 5 fully saturated rings. The van der Waals surface area contributed by atoms with Gasteiger partial charge in [0, 0.05) is 5.56 Å². The lowest BCUT2D eigenvalue weighted by Crippen LogP contribution is -2.65. The van der Waals surface area contributed by atoms with E-state index < -0.39 is 8.32 Å². The van der Waals surface area contributed by atoms with E-state index in [1.54, 1.807) is 0 Å². The summed E-state index contributed by atoms with van der Waals surface area (Å²) in [5, 5.41) is 2.45. The van der Waals surface area contributed by atoms with Gasteiger partial charge in [-0.3, -0.25) is 4.79 Å². The summed E-state index contributed by atoms with van der Waals surface area (Å²) in [6.07, 6.45) is 13.9. The first-order chi connectivity index (χ1) is 23.2. The van der Waals surface area contributed by atoms with Crippen molar-refractivity contribution >= 4 is 30.7 Å². The smallest absolute Gasteiger partial charge is 0.319 e. The van der Waals surface area contributed by atoms with Crippen molar-refractivity contribution in [2.45, 2.75) is 82.6 Å². The van der Waals surface area contributed by atoms with Crippen LogP contribution < -0.4 is 15.1 Å². The van der Waals surface area contributed by atoms with Crippen molar-refractivity contribution in [3.8, 4) is 16.9 Å². The van der Waals surface area contributed by atoms with Gasteiger partial charge in [-0.1, -0.05) is 112 Å². The molecular weight excluding hydrogens is 605 g/mol. The molecule has 4 heteroatoms. The van der Waals surface area contributed by atoms with Gasteiger partial charge in [-0.25, -0.2) is 0 Å². The molecule has 0 atom stereocenters. The average molecular weight is 653 g/mol. The van der Waals surface area contributed by atoms with Crippen molar-refractivity contribution in [1.29, 1.82) is 0 Å². The summed E-state index contributed by atoms with van der Waals surface area (Å²) in [4.78, 5) is 12.9. The number of ether oxygens (including phenoxy) is 1. The van der Waals surface area contributed by atoms with Crippen molar-refractivity contribution in [3.63, 3.8) is 0 Å². The topological polar surface area (TPSA) is 35.5 Å². The molecule has 246 valence electrons. The zero-order valence-electron chi connectivity index (χ0n) is 28.7. The van der Waals surface area contributed by atoms with Crippen molar-refractivity contribution in [1.82, 2.24) is 0 Å². The quantitative estimate of drug-likeness (QED) is 0.0782. The van der Waals surface area contributed by atoms with Crippen LogP contribution in [0.4, 0.5) is 0 Å². The molecular formula is C44H48O3Si. The number of carbonyl (C=O) groups is 1. The lowest BCUT2D eigenvalue weighted by Gasteiger charge is -2.57. The van der Waals surface area contributed by atoms with Gasteiger partial charge in [0.2, 0.25) is 0 Å². The third-order valence-corrected chi connectivity index (χ3v) is 16.8. The number of carbonyl (C=O) groups excluding carboxylic acids is 1. The summed E-state index contributed by atoms with van der Waals surface area (Å²) in [6.45, 7) is 6.91. The van der Waals surface area contributed by atoms with Crippen LogP contribution in [0.3, 0.4) is 0 Å². The Morgan fingerprint density at radius 3 is 1.79 bits per heavy atom. The predicted octanol–water partition coefficient (Wildman–Crippen LogP) is 9.68. The predicted molar refractivity (Wildman–Crippen MR) is 198 cm³/mol. The molecule has 0 unspecified atom stereocenters. The monoisotopic (exact) mass is 652 g/mol. The van der Waals surface area contributed by atoms with E-state index in [-0.39, 0.29) is 22.3 Å². The molecule has 48 heavy (non-hydrogen) atoms. The molecule has 5 aliphatic carbocycles. The molecule has 9 rings (SSSR count). The molecule has 0 spiro atoms. The van der Waals surface area contributed by atoms with Crippen LogP contribution in [-0.2, 0) is 14.6 Å². The van der Waals surface area contributed by atoms with Gasteiger partial charge in [0.15, 0.2) is 0 Å². The minimum atomic E-state index is -2.65. The molecule has 0 aliphatic heterocycles. The first-order valence-corrected chi connectivity index (χ1v) is 20.1. The van der Waals surface area contributed by atoms with Crippen LogP contribution in [0.15, 0.2) is 109 Å². The number of esters is 1. The Morgan fingerprint density at radius 1 is 0.729 bits per heavy atom. The van der Waals surface area contributed by atoms with E-state index in [1.807, 2.05) is 6.26 Å². The highest BCUT2D eigenvalue weighted by atomic mass is 28.4. The Hall–Kier alpha value is -3.89. The summed E-state index contributed by atoms with van der Waals surface area (Å²) in [5.41, 5.74) is 4.92. The fraction of sp³-hybridized carbons (Fsp3) is 0.386. The van der Waals surface area contributed by atoms with Crippen LogP contribution in [0.2, 0.25) is 5.04 Å². The van der Waals surface area contributed by atoms with Crippen LogP contribution in [-0.4, -0.2) is 14.3 Å². The van der Waals surface area contributed by atoms with Crippen molar-refractivity contribution in [2.75, 3.05) is 0 Å². The summed E-state index contributed by atoms with van der Waals surface area (Å²) >= 11 is 0. The standard InChI is InChI=1S/C44H48O3Si/c1-43(2,3)48(38-10-6-4-7-11-38,39-12-8-5-9-13-39)46-23-22-31-14-16-35(17-15-31)37-20-21-41(47-42(45)36-18-19-36)40(27-37)44-28-32-24-33(29-44)26-34(25-32)30-44/h4-17,20-23,27,32-34,36H,18-19,24-26,28-30H2,1-3H3/b23-22+. The zero-order chi connectivity index (χ0) is 32.9. The van der Waals surface area contributed by atoms with Gasteiger partial charge in [0.1, 0.15) is 5.75 Å². The van der Waals surface area contributed by atoms with Gasteiger partial charge in [-0.2, -0.15) is 0 Å². The highest BCUT2D eigenvalue weighted by molar-refractivity contribution is 6.99. The molecule has 3 nitrogen and oxygen atoms in total. The Balaban J connectivity index is 1.08. The molecule has 4 aromatic carbocycles. The van der Waals surface area contributed by atoms with Gasteiger partial charge in [0.05, 0.1) is 12.2 Å². The van der Waals surface area contributed by atoms with Crippen LogP contribution >= 0.6 is 0 Å². The minimum absolute atomic E-state index is 0.0369. The third-order valence-electron chi connectivity index (χ3n) is 11.9. The van der Waals surface area contributed by atoms with Gasteiger partial charge >= 0.3 is 14.3 Å². The molecule has 0 aromatic heterocycles. The maximum Gasteiger partial charge on any atom is 0.319 e. The summed E-state index contributed by atoms with van der Waals surface area (Å²) in [6, 6.07) is 37.0. The molecule has 0 N–H and O–H groups in total. The SMILES string of the molecule is CC(C)(C)[Si](O/C=C/c1ccc(-c2ccc(OC(=O)C3CC3)c(C34CC5CC(CC(C5)C3)C4)c2)cc1)(c1ccccc1)c1ccccc1. The molecule has 0 heterocycles. The lowest BCUT2D eigenvalue weighted by molar-refractivity contribution is -0.135. The second kappa shape index (κ2) is 12.2. The second-order valence-corrected chi connectivity index (χ2v) is 20.6. The Morgan fingerprint density at radius 2 is 1.27 bits per heavy atom. The van der Waals surface area contributed by atoms with E-state index in [9.17, 15) is 4.79 Å². The Labute approximate surface area is 287 Å². The molecule has 5 aliphatic rings. The summed E-state index contributed by atoms with van der Waals surface area (Å²) in [5.74, 6) is 3.34. The fourth-order valence-corrected chi connectivity index (χ4v) is 14.1. The van der Waals surface area contributed by atoms with Gasteiger partial charge in [-0.05, 0) is 125 Å². The Bertz CT molecular complexity index is 1720. The van der Waals surface area contributed by atoms with Gasteiger partial charge in [-0.15, -0.1) is 0 Å². The lowest BCUT2D eigenvalue weighted by atomic mass is 9.48. The molecule has 0 radical (unpaired) electrons. The maximum atomic E-state index is 12.9. The molecule has 4 aromatic rings. The van der Waals surface area contributed by atoms with Crippen molar-refractivity contribution < 1.29 is 14.0 Å². The normalized spacial score (nSPS) is 24.9. The largest absolute Gasteiger partial charge is 0.540 e. The Kier molecular flexibility index (Phi) is 7.98. The summed E-state index contributed by atoms with van der Waals surface area (Å²) in [7, 11) is -2.65. The number of hydrogen-bond donors (Lipinski definition) is 0. The third kappa shape index (κ3) is 5.76. The van der Waals surface area contributed by atoms with E-state index in [0.717, 1.165) is 41.9 Å². The highest BCUT2D eigenvalue weighted by Crippen LogP contribution is 2.62. The minimum Gasteiger partial charge on any atom is -0.540 e. The van der Waals surface area contributed by atoms with E-state index in [4.69, 9.17) is 9.16 Å². The van der Waals surface area contributed by atoms with E-state index in [1.165, 1.54) is 65.6 Å². The average Bonchev–Trinajstić information content (AvgIpc) is 3.93. The van der Waals surface area contributed by atoms with Crippen molar-refractivity contribution in [2.24, 2.45) is 23.7 Å². The second-order valence-electron chi connectivity index (χ2n) is 16.3. The van der Waals surface area contributed by atoms with Gasteiger partial charge < -0.3 is 9.16 Å². The van der Waals surface area contributed by atoms with Crippen LogP contribution in [0.1, 0.15) is 83.3 Å². The number of hydrogen-bond acceptors (Lipinski definition) is 3. The molecule has 4 bridgehead atoms. The van der Waals surface area contributed by atoms with E-state index in [0.29, 0.717) is 0 Å². The summed E-state index contributed by atoms with van der Waals surface area (Å²) < 4.78 is 13.2. The number of benzene rings is 4. The van der Waals surface area contributed by atoms with Crippen LogP contribution in [0, 0.1) is 23.7 Å². The van der Waals surface area contributed by atoms with E-state index in [2.05, 4.69) is 130 Å². The van der Waals surface area contributed by atoms with Crippen LogP contribution in [0.25, 0.3) is 17.2 Å². The molecule has 0 amide bonds. The van der Waals surface area contributed by atoms with Crippen molar-refractivity contribution in [3.05, 3.63) is 121 Å². The zero-order valence-corrected chi connectivity index (χ0v) is 29.7. The molecule has 5 saturated carbocycles. The molecule has 0 saturated heterocycles. The number of rotatable bonds is 9. The fourth-order valence-electron chi connectivity index (χ4n) is 9.86.